The second-order valence-corrected chi connectivity index (χ2v) is 6.27. The first-order valence-electron chi connectivity index (χ1n) is 8.32. The maximum absolute atomic E-state index is 13.1. The van der Waals surface area contributed by atoms with E-state index in [0.717, 1.165) is 5.39 Å². The van der Waals surface area contributed by atoms with Crippen molar-refractivity contribution in [2.24, 2.45) is 0 Å². The summed E-state index contributed by atoms with van der Waals surface area (Å²) in [6.07, 6.45) is 1.70. The number of benzene rings is 1. The van der Waals surface area contributed by atoms with Crippen LogP contribution in [0.5, 0.6) is 0 Å². The van der Waals surface area contributed by atoms with Crippen molar-refractivity contribution in [3.63, 3.8) is 0 Å². The molecule has 0 radical (unpaired) electrons. The number of pyridine rings is 1. The molecule has 1 aromatic carbocycles. The summed E-state index contributed by atoms with van der Waals surface area (Å²) in [6, 6.07) is 8.07. The SMILES string of the molecule is CCOC(=O)C(Cc1ccc(F)cc1)NC(=O)c1cc2cc(Cl)ncc2[nH]1. The lowest BCUT2D eigenvalue weighted by Gasteiger charge is -2.17. The number of nitrogens with one attached hydrogen (secondary N) is 2. The highest BCUT2D eigenvalue weighted by molar-refractivity contribution is 6.30. The minimum absolute atomic E-state index is 0.179. The Morgan fingerprint density at radius 2 is 2.04 bits per heavy atom. The first-order chi connectivity index (χ1) is 13.0. The first kappa shape index (κ1) is 18.8. The second-order valence-electron chi connectivity index (χ2n) is 5.89. The van der Waals surface area contributed by atoms with Crippen molar-refractivity contribution < 1.29 is 18.7 Å². The number of amides is 1. The van der Waals surface area contributed by atoms with E-state index in [1.54, 1.807) is 31.2 Å². The third kappa shape index (κ3) is 4.62. The van der Waals surface area contributed by atoms with Crippen molar-refractivity contribution in [3.05, 3.63) is 64.8 Å². The Kier molecular flexibility index (Phi) is 5.71. The van der Waals surface area contributed by atoms with Crippen LogP contribution in [0.15, 0.2) is 42.6 Å². The number of carbonyl (C=O) groups is 2. The molecule has 2 N–H and O–H groups in total. The number of aromatic amines is 1. The smallest absolute Gasteiger partial charge is 0.328 e. The maximum atomic E-state index is 13.1. The van der Waals surface area contributed by atoms with E-state index in [1.807, 2.05) is 0 Å². The summed E-state index contributed by atoms with van der Waals surface area (Å²) in [4.78, 5) is 31.7. The first-order valence-corrected chi connectivity index (χ1v) is 8.70. The van der Waals surface area contributed by atoms with Gasteiger partial charge in [0.05, 0.1) is 18.3 Å². The number of halogens is 2. The Morgan fingerprint density at radius 3 is 2.74 bits per heavy atom. The second kappa shape index (κ2) is 8.18. The highest BCUT2D eigenvalue weighted by atomic mass is 35.5. The zero-order valence-electron chi connectivity index (χ0n) is 14.5. The van der Waals surface area contributed by atoms with Crippen LogP contribution in [0.1, 0.15) is 23.0 Å². The Morgan fingerprint density at radius 1 is 1.30 bits per heavy atom. The molecule has 1 unspecified atom stereocenters. The summed E-state index contributed by atoms with van der Waals surface area (Å²) in [7, 11) is 0. The van der Waals surface area contributed by atoms with E-state index < -0.39 is 17.9 Å². The summed E-state index contributed by atoms with van der Waals surface area (Å²) < 4.78 is 18.1. The van der Waals surface area contributed by atoms with E-state index in [0.29, 0.717) is 16.2 Å². The predicted octanol–water partition coefficient (Wildman–Crippen LogP) is 3.26. The van der Waals surface area contributed by atoms with Gasteiger partial charge in [0.2, 0.25) is 0 Å². The van der Waals surface area contributed by atoms with E-state index in [1.165, 1.54) is 18.3 Å². The number of hydrogen-bond acceptors (Lipinski definition) is 4. The van der Waals surface area contributed by atoms with Crippen LogP contribution in [-0.2, 0) is 16.0 Å². The molecule has 0 saturated heterocycles. The fraction of sp³-hybridized carbons (Fsp3) is 0.211. The van der Waals surface area contributed by atoms with Gasteiger partial charge in [0, 0.05) is 11.8 Å². The molecule has 6 nitrogen and oxygen atoms in total. The van der Waals surface area contributed by atoms with E-state index in [2.05, 4.69) is 15.3 Å². The fourth-order valence-corrected chi connectivity index (χ4v) is 2.82. The van der Waals surface area contributed by atoms with E-state index in [4.69, 9.17) is 16.3 Å². The molecule has 3 rings (SSSR count). The average Bonchev–Trinajstić information content (AvgIpc) is 3.06. The number of ether oxygens (including phenoxy) is 1. The van der Waals surface area contributed by atoms with Crippen LogP contribution >= 0.6 is 11.6 Å². The molecule has 0 aliphatic rings. The van der Waals surface area contributed by atoms with Gasteiger partial charge in [0.25, 0.3) is 5.91 Å². The van der Waals surface area contributed by atoms with Gasteiger partial charge in [0.15, 0.2) is 0 Å². The van der Waals surface area contributed by atoms with Crippen LogP contribution in [0.25, 0.3) is 10.9 Å². The number of carbonyl (C=O) groups excluding carboxylic acids is 2. The molecule has 27 heavy (non-hydrogen) atoms. The van der Waals surface area contributed by atoms with E-state index >= 15 is 0 Å². The summed E-state index contributed by atoms with van der Waals surface area (Å²) in [5, 5.41) is 3.71. The average molecular weight is 390 g/mol. The van der Waals surface area contributed by atoms with Crippen LogP contribution < -0.4 is 5.32 Å². The number of aromatic nitrogens is 2. The quantitative estimate of drug-likeness (QED) is 0.500. The largest absolute Gasteiger partial charge is 0.464 e. The normalized spacial score (nSPS) is 12.0. The Labute approximate surface area is 159 Å². The number of hydrogen-bond donors (Lipinski definition) is 2. The van der Waals surface area contributed by atoms with Crippen molar-refractivity contribution in [2.45, 2.75) is 19.4 Å². The summed E-state index contributed by atoms with van der Waals surface area (Å²) in [6.45, 7) is 1.87. The Balaban J connectivity index is 1.79. The molecule has 1 atom stereocenters. The molecule has 0 aliphatic carbocycles. The van der Waals surface area contributed by atoms with Gasteiger partial charge in [-0.25, -0.2) is 14.2 Å². The summed E-state index contributed by atoms with van der Waals surface area (Å²) in [5.41, 5.74) is 1.61. The van der Waals surface area contributed by atoms with E-state index in [9.17, 15) is 14.0 Å². The third-order valence-corrected chi connectivity index (χ3v) is 4.15. The topological polar surface area (TPSA) is 84.1 Å². The number of fused-ring (bicyclic) bond motifs is 1. The number of rotatable bonds is 6. The van der Waals surface area contributed by atoms with Gasteiger partial charge in [-0.3, -0.25) is 4.79 Å². The lowest BCUT2D eigenvalue weighted by atomic mass is 10.1. The lowest BCUT2D eigenvalue weighted by molar-refractivity contribution is -0.145. The molecule has 0 fully saturated rings. The van der Waals surface area contributed by atoms with Gasteiger partial charge in [-0.05, 0) is 36.8 Å². The molecule has 1 amide bonds. The molecule has 0 aliphatic heterocycles. The van der Waals surface area contributed by atoms with Crippen molar-refractivity contribution in [1.29, 1.82) is 0 Å². The molecule has 0 saturated carbocycles. The zero-order valence-corrected chi connectivity index (χ0v) is 15.2. The number of esters is 1. The van der Waals surface area contributed by atoms with Crippen LogP contribution in [-0.4, -0.2) is 34.5 Å². The molecule has 2 aromatic heterocycles. The van der Waals surface area contributed by atoms with Crippen molar-refractivity contribution in [2.75, 3.05) is 6.61 Å². The molecule has 0 spiro atoms. The fourth-order valence-electron chi connectivity index (χ4n) is 2.66. The number of H-pyrrole nitrogens is 1. The Bertz CT molecular complexity index is 972. The van der Waals surface area contributed by atoms with Crippen LogP contribution in [0, 0.1) is 5.82 Å². The lowest BCUT2D eigenvalue weighted by Crippen LogP contribution is -2.43. The number of nitrogens with zero attached hydrogens (tertiary/aromatic N) is 1. The molecule has 2 heterocycles. The molecular formula is C19H17ClFN3O3. The van der Waals surface area contributed by atoms with Gasteiger partial charge >= 0.3 is 5.97 Å². The molecule has 140 valence electrons. The standard InChI is InChI=1S/C19H17ClFN3O3/c1-2-27-19(26)15(7-11-3-5-13(21)6-4-11)24-18(25)14-8-12-9-17(20)22-10-16(12)23-14/h3-6,8-10,15,23H,2,7H2,1H3,(H,24,25). The Hall–Kier alpha value is -2.93. The summed E-state index contributed by atoms with van der Waals surface area (Å²) >= 11 is 5.86. The zero-order chi connectivity index (χ0) is 19.4. The molecule has 8 heteroatoms. The molecular weight excluding hydrogens is 373 g/mol. The van der Waals surface area contributed by atoms with Gasteiger partial charge in [-0.1, -0.05) is 23.7 Å². The van der Waals surface area contributed by atoms with Crippen LogP contribution in [0.2, 0.25) is 5.15 Å². The maximum Gasteiger partial charge on any atom is 0.328 e. The van der Waals surface area contributed by atoms with Crippen molar-refractivity contribution in [1.82, 2.24) is 15.3 Å². The highest BCUT2D eigenvalue weighted by Gasteiger charge is 2.24. The molecule has 3 aromatic rings. The van der Waals surface area contributed by atoms with Gasteiger partial charge in [-0.2, -0.15) is 0 Å². The molecule has 0 bridgehead atoms. The van der Waals surface area contributed by atoms with Gasteiger partial charge < -0.3 is 15.0 Å². The van der Waals surface area contributed by atoms with Gasteiger partial charge in [0.1, 0.15) is 22.7 Å². The highest BCUT2D eigenvalue weighted by Crippen LogP contribution is 2.18. The minimum atomic E-state index is -0.906. The minimum Gasteiger partial charge on any atom is -0.464 e. The monoisotopic (exact) mass is 389 g/mol. The summed E-state index contributed by atoms with van der Waals surface area (Å²) in [5.74, 6) is -1.40. The van der Waals surface area contributed by atoms with Crippen molar-refractivity contribution in [3.8, 4) is 0 Å². The van der Waals surface area contributed by atoms with Gasteiger partial charge in [-0.15, -0.1) is 0 Å². The van der Waals surface area contributed by atoms with Crippen molar-refractivity contribution >= 4 is 34.4 Å². The predicted molar refractivity (Wildman–Crippen MR) is 99.1 cm³/mol. The van der Waals surface area contributed by atoms with Crippen LogP contribution in [0.3, 0.4) is 0 Å². The van der Waals surface area contributed by atoms with E-state index in [-0.39, 0.29) is 24.5 Å². The third-order valence-electron chi connectivity index (χ3n) is 3.95. The van der Waals surface area contributed by atoms with Crippen LogP contribution in [0.4, 0.5) is 4.39 Å².